The molecule has 12 N–H and O–H groups in total. The number of rotatable bonds is 46. The molecule has 17 unspecified atom stereocenters. The molecule has 3 aliphatic rings. The lowest BCUT2D eigenvalue weighted by atomic mass is 9.96. The lowest BCUT2D eigenvalue weighted by Crippen LogP contribution is -2.66. The summed E-state index contributed by atoms with van der Waals surface area (Å²) >= 11 is 0. The van der Waals surface area contributed by atoms with Gasteiger partial charge in [0.05, 0.1) is 38.6 Å². The Morgan fingerprint density at radius 3 is 1.33 bits per heavy atom. The van der Waals surface area contributed by atoms with Crippen molar-refractivity contribution in [1.82, 2.24) is 5.32 Å². The first-order valence-electron chi connectivity index (χ1n) is 31.4. The molecule has 0 saturated carbocycles. The van der Waals surface area contributed by atoms with Crippen molar-refractivity contribution >= 4 is 5.91 Å². The van der Waals surface area contributed by atoms with E-state index in [1.807, 2.05) is 6.08 Å². The van der Waals surface area contributed by atoms with Gasteiger partial charge in [-0.2, -0.15) is 0 Å². The molecular formula is C62H111NO18. The minimum absolute atomic E-state index is 0.218. The Bertz CT molecular complexity index is 1670. The van der Waals surface area contributed by atoms with Gasteiger partial charge in [0, 0.05) is 6.42 Å². The highest BCUT2D eigenvalue weighted by atomic mass is 16.8. The number of carbonyl (C=O) groups excluding carboxylic acids is 1. The van der Waals surface area contributed by atoms with E-state index in [9.17, 15) is 61.0 Å². The summed E-state index contributed by atoms with van der Waals surface area (Å²) in [5.41, 5.74) is 0. The van der Waals surface area contributed by atoms with Crippen molar-refractivity contribution < 1.29 is 89.4 Å². The second kappa shape index (κ2) is 45.1. The van der Waals surface area contributed by atoms with Crippen LogP contribution in [0, 0.1) is 0 Å². The number of ether oxygens (including phenoxy) is 6. The quantitative estimate of drug-likeness (QED) is 0.0236. The van der Waals surface area contributed by atoms with Crippen LogP contribution in [0.3, 0.4) is 0 Å². The molecule has 472 valence electrons. The van der Waals surface area contributed by atoms with Crippen LogP contribution in [0.4, 0.5) is 0 Å². The first-order chi connectivity index (χ1) is 39.3. The van der Waals surface area contributed by atoms with E-state index in [2.05, 4.69) is 55.6 Å². The van der Waals surface area contributed by atoms with Crippen molar-refractivity contribution in [3.8, 4) is 0 Å². The van der Waals surface area contributed by atoms with E-state index in [4.69, 9.17) is 28.4 Å². The largest absolute Gasteiger partial charge is 0.394 e. The maximum atomic E-state index is 13.3. The van der Waals surface area contributed by atoms with Crippen molar-refractivity contribution in [2.24, 2.45) is 0 Å². The monoisotopic (exact) mass is 1160 g/mol. The van der Waals surface area contributed by atoms with E-state index >= 15 is 0 Å². The summed E-state index contributed by atoms with van der Waals surface area (Å²) in [5, 5.41) is 120. The molecule has 17 atom stereocenters. The van der Waals surface area contributed by atoms with Gasteiger partial charge in [-0.3, -0.25) is 4.79 Å². The molecule has 3 aliphatic heterocycles. The standard InChI is InChI=1S/C62H111NO18/c1-3-5-7-9-11-13-15-17-19-20-21-22-23-24-26-27-29-31-33-35-37-39-46(67)45(63-50(68)40-38-36-34-32-30-28-25-18-16-14-12-10-8-6-4-2)44-76-60-56(74)53(71)58(48(42-65)78-60)81-62-57(75)54(72)59(49(43-66)79-62)80-61-55(73)52(70)51(69)47(41-64)77-61/h12,14,18,25,29,31,37,39,45-49,51-62,64-67,69-75H,3-11,13,15-17,19-24,26-28,30,32-36,38,40-44H2,1-2H3,(H,63,68)/b14-12-,25-18-,31-29+,39-37+. The van der Waals surface area contributed by atoms with E-state index in [0.717, 1.165) is 64.2 Å². The van der Waals surface area contributed by atoms with Crippen molar-refractivity contribution in [2.75, 3.05) is 26.4 Å². The van der Waals surface area contributed by atoms with Crippen LogP contribution < -0.4 is 5.32 Å². The Morgan fingerprint density at radius 1 is 0.444 bits per heavy atom. The van der Waals surface area contributed by atoms with Gasteiger partial charge in [0.1, 0.15) is 73.2 Å². The number of aliphatic hydroxyl groups is 11. The lowest BCUT2D eigenvalue weighted by molar-refractivity contribution is -0.379. The van der Waals surface area contributed by atoms with Crippen LogP contribution in [0.2, 0.25) is 0 Å². The highest BCUT2D eigenvalue weighted by molar-refractivity contribution is 5.76. The Balaban J connectivity index is 1.50. The molecule has 3 fully saturated rings. The Labute approximate surface area is 484 Å². The summed E-state index contributed by atoms with van der Waals surface area (Å²) in [6.07, 6.45) is 23.8. The SMILES string of the molecule is CCCCC/C=C\C/C=C\CCCCCCCC(=O)NC(COC1OC(CO)C(OC2OC(CO)C(OC3OC(CO)C(O)C(O)C3O)C(O)C2O)C(O)C1O)C(O)/C=C/CC/C=C/CCCCCCCCCCCCCCCCC. The van der Waals surface area contributed by atoms with Crippen LogP contribution in [0.15, 0.2) is 48.6 Å². The van der Waals surface area contributed by atoms with Crippen molar-refractivity contribution in [3.63, 3.8) is 0 Å². The summed E-state index contributed by atoms with van der Waals surface area (Å²) in [7, 11) is 0. The average molecular weight is 1160 g/mol. The van der Waals surface area contributed by atoms with Crippen LogP contribution in [0.1, 0.15) is 206 Å². The van der Waals surface area contributed by atoms with E-state index in [0.29, 0.717) is 12.8 Å². The third-order valence-corrected chi connectivity index (χ3v) is 15.6. The lowest BCUT2D eigenvalue weighted by Gasteiger charge is -2.48. The molecule has 3 saturated heterocycles. The molecule has 81 heavy (non-hydrogen) atoms. The van der Waals surface area contributed by atoms with Gasteiger partial charge in [0.15, 0.2) is 18.9 Å². The molecule has 0 radical (unpaired) electrons. The average Bonchev–Trinajstić information content (AvgIpc) is 3.52. The number of unbranched alkanes of at least 4 members (excludes halogenated alkanes) is 24. The zero-order valence-electron chi connectivity index (χ0n) is 49.3. The number of allylic oxidation sites excluding steroid dienone is 7. The molecule has 19 heteroatoms. The van der Waals surface area contributed by atoms with Gasteiger partial charge in [-0.05, 0) is 64.2 Å². The predicted molar refractivity (Wildman–Crippen MR) is 309 cm³/mol. The smallest absolute Gasteiger partial charge is 0.220 e. The number of hydrogen-bond donors (Lipinski definition) is 12. The number of aliphatic hydroxyl groups excluding tert-OH is 11. The van der Waals surface area contributed by atoms with E-state index in [1.165, 1.54) is 109 Å². The summed E-state index contributed by atoms with van der Waals surface area (Å²) in [6, 6.07) is -0.998. The third kappa shape index (κ3) is 28.7. The first-order valence-corrected chi connectivity index (χ1v) is 31.4. The van der Waals surface area contributed by atoms with Gasteiger partial charge in [0.2, 0.25) is 5.91 Å². The Morgan fingerprint density at radius 2 is 0.827 bits per heavy atom. The van der Waals surface area contributed by atoms with Crippen LogP contribution >= 0.6 is 0 Å². The van der Waals surface area contributed by atoms with Gasteiger partial charge in [0.25, 0.3) is 0 Å². The molecule has 0 aromatic rings. The second-order valence-corrected chi connectivity index (χ2v) is 22.5. The Hall–Kier alpha value is -2.25. The zero-order chi connectivity index (χ0) is 59.0. The summed E-state index contributed by atoms with van der Waals surface area (Å²) in [6.45, 7) is 1.66. The fourth-order valence-electron chi connectivity index (χ4n) is 10.4. The molecule has 3 rings (SSSR count). The van der Waals surface area contributed by atoms with Gasteiger partial charge in [-0.15, -0.1) is 0 Å². The van der Waals surface area contributed by atoms with Crippen molar-refractivity contribution in [1.29, 1.82) is 0 Å². The van der Waals surface area contributed by atoms with E-state index in [1.54, 1.807) is 6.08 Å². The van der Waals surface area contributed by atoms with Crippen molar-refractivity contribution in [3.05, 3.63) is 48.6 Å². The highest BCUT2D eigenvalue weighted by Gasteiger charge is 2.53. The molecule has 1 amide bonds. The molecule has 0 bridgehead atoms. The maximum Gasteiger partial charge on any atom is 0.220 e. The third-order valence-electron chi connectivity index (χ3n) is 15.6. The van der Waals surface area contributed by atoms with Gasteiger partial charge in [-0.1, -0.05) is 184 Å². The predicted octanol–water partition coefficient (Wildman–Crippen LogP) is 6.26. The van der Waals surface area contributed by atoms with Crippen LogP contribution in [0.25, 0.3) is 0 Å². The maximum absolute atomic E-state index is 13.3. The molecule has 0 aromatic carbocycles. The zero-order valence-corrected chi connectivity index (χ0v) is 49.3. The van der Waals surface area contributed by atoms with Crippen LogP contribution in [0.5, 0.6) is 0 Å². The van der Waals surface area contributed by atoms with Crippen LogP contribution in [-0.4, -0.2) is 193 Å². The molecule has 3 heterocycles. The minimum Gasteiger partial charge on any atom is -0.394 e. The second-order valence-electron chi connectivity index (χ2n) is 22.5. The number of carbonyl (C=O) groups is 1. The number of hydrogen-bond acceptors (Lipinski definition) is 18. The normalized spacial score (nSPS) is 30.1. The van der Waals surface area contributed by atoms with E-state index < -0.39 is 124 Å². The first kappa shape index (κ1) is 73.0. The summed E-state index contributed by atoms with van der Waals surface area (Å²) < 4.78 is 34.2. The molecular weight excluding hydrogens is 1050 g/mol. The molecule has 0 spiro atoms. The molecule has 19 nitrogen and oxygen atoms in total. The minimum atomic E-state index is -1.98. The van der Waals surface area contributed by atoms with Gasteiger partial charge in [-0.25, -0.2) is 0 Å². The van der Waals surface area contributed by atoms with Crippen molar-refractivity contribution in [2.45, 2.75) is 311 Å². The van der Waals surface area contributed by atoms with E-state index in [-0.39, 0.29) is 18.9 Å². The summed E-state index contributed by atoms with van der Waals surface area (Å²) in [4.78, 5) is 13.3. The summed E-state index contributed by atoms with van der Waals surface area (Å²) in [5.74, 6) is -0.300. The number of amides is 1. The van der Waals surface area contributed by atoms with Gasteiger partial charge < -0.3 is 89.9 Å². The Kier molecular flexibility index (Phi) is 40.7. The highest BCUT2D eigenvalue weighted by Crippen LogP contribution is 2.33. The van der Waals surface area contributed by atoms with Gasteiger partial charge >= 0.3 is 0 Å². The fourth-order valence-corrected chi connectivity index (χ4v) is 10.4. The molecule has 0 aromatic heterocycles. The molecule has 0 aliphatic carbocycles. The number of nitrogens with one attached hydrogen (secondary N) is 1. The van der Waals surface area contributed by atoms with Crippen LogP contribution in [-0.2, 0) is 33.2 Å². The fraction of sp³-hybridized carbons (Fsp3) is 0.855. The topological polar surface area (TPSA) is 307 Å².